The second-order valence-corrected chi connectivity index (χ2v) is 23.3. The summed E-state index contributed by atoms with van der Waals surface area (Å²) < 4.78 is 70.7. The molecule has 3 aromatic carbocycles. The molecule has 0 unspecified atom stereocenters. The van der Waals surface area contributed by atoms with E-state index in [4.69, 9.17) is 2.67 Å². The van der Waals surface area contributed by atoms with E-state index in [0.717, 1.165) is 97.1 Å². The number of carboxylic acids is 1. The Labute approximate surface area is 461 Å². The molecule has 2 amide bonds. The Balaban J connectivity index is 0.000000208. The van der Waals surface area contributed by atoms with Crippen LogP contribution in [0.2, 0.25) is 0 Å². The molecule has 5 aliphatic rings. The minimum atomic E-state index is -3.96. The fourth-order valence-corrected chi connectivity index (χ4v) is 11.9. The number of aromatic nitrogens is 2. The molecule has 2 saturated carbocycles. The van der Waals surface area contributed by atoms with Crippen LogP contribution in [-0.2, 0) is 43.1 Å². The number of benzene rings is 3. The molecule has 15 nitrogen and oxygen atoms in total. The summed E-state index contributed by atoms with van der Waals surface area (Å²) in [5, 5.41) is 12.0. The number of hydrogen-bond acceptors (Lipinski definition) is 8. The maximum atomic E-state index is 12.9. The summed E-state index contributed by atoms with van der Waals surface area (Å²) in [6.45, 7) is 2.10. The quantitative estimate of drug-likeness (QED) is 0.0920. The molecule has 0 saturated heterocycles. The van der Waals surface area contributed by atoms with Crippen LogP contribution in [0.4, 0.5) is 0 Å². The van der Waals surface area contributed by atoms with Crippen molar-refractivity contribution in [2.75, 3.05) is 28.2 Å². The molecule has 10 rings (SSSR count). The van der Waals surface area contributed by atoms with E-state index in [1.165, 1.54) is 65.0 Å². The van der Waals surface area contributed by atoms with Gasteiger partial charge in [0.25, 0.3) is 11.8 Å². The third-order valence-corrected chi connectivity index (χ3v) is 17.4. The number of hydrogen-bond donors (Lipinski definition) is 3. The summed E-state index contributed by atoms with van der Waals surface area (Å²) in [4.78, 5) is 50.6. The first-order chi connectivity index (χ1) is 35.8. The van der Waals surface area contributed by atoms with Gasteiger partial charge in [0, 0.05) is 116 Å². The number of nitrogens with one attached hydrogen (secondary N) is 2. The number of nitrogens with zero attached hydrogens (tertiary/aromatic N) is 4. The maximum Gasteiger partial charge on any atom is 0.334 e. The van der Waals surface area contributed by atoms with Crippen molar-refractivity contribution in [3.8, 4) is 11.3 Å². The van der Waals surface area contributed by atoms with Crippen molar-refractivity contribution in [2.45, 2.75) is 96.1 Å². The van der Waals surface area contributed by atoms with Crippen molar-refractivity contribution in [3.63, 3.8) is 0 Å². The fourth-order valence-electron chi connectivity index (χ4n) is 10.9. The van der Waals surface area contributed by atoms with Crippen molar-refractivity contribution >= 4 is 85.8 Å². The molecule has 5 aromatic rings. The van der Waals surface area contributed by atoms with Gasteiger partial charge >= 0.3 is 26.4 Å². The van der Waals surface area contributed by atoms with Gasteiger partial charge in [-0.15, -0.1) is 0 Å². The third kappa shape index (κ3) is 11.0. The molecule has 19 heteroatoms. The smallest absolute Gasteiger partial charge is 0.334 e. The van der Waals surface area contributed by atoms with Gasteiger partial charge in [-0.05, 0) is 94.1 Å². The van der Waals surface area contributed by atoms with E-state index in [0.29, 0.717) is 37.8 Å². The molecule has 383 valence electrons. The van der Waals surface area contributed by atoms with Crippen molar-refractivity contribution in [1.29, 1.82) is 2.67 Å². The van der Waals surface area contributed by atoms with Crippen LogP contribution in [0.5, 0.6) is 0 Å². The summed E-state index contributed by atoms with van der Waals surface area (Å²) in [7, 11) is -1.95. The predicted molar refractivity (Wildman–Crippen MR) is 288 cm³/mol. The normalized spacial score (nSPS) is 16.9. The van der Waals surface area contributed by atoms with E-state index in [1.54, 1.807) is 43.3 Å². The largest absolute Gasteiger partial charge is 0.478 e. The molecule has 2 fully saturated rings. The van der Waals surface area contributed by atoms with Crippen LogP contribution >= 0.6 is 0 Å². The van der Waals surface area contributed by atoms with E-state index < -0.39 is 38.2 Å². The van der Waals surface area contributed by atoms with Gasteiger partial charge in [-0.25, -0.2) is 14.2 Å². The Bertz CT molecular complexity index is 3510. The van der Waals surface area contributed by atoms with Crippen LogP contribution in [-0.4, -0.2) is 102 Å². The number of amides is 2. The Kier molecular flexibility index (Phi) is 16.3. The number of carbonyl (C=O) groups is 4. The van der Waals surface area contributed by atoms with Crippen LogP contribution in [0, 0.1) is 37.2 Å². The first-order valence-corrected chi connectivity index (χ1v) is 27.3. The standard InChI is InChI=1S/C28H31N3O4S.C27H27N3O5S.BH2.U/c1-18(32)22-15-20-11-7-8-12-23(20)27-26(19-9-5-4-6-10-19)24-14-13-21(16-25(24)31(27)17-22)28(33)29-36(34,35)30(2)3;1-29(2)36(34,35)28-26(31)19-12-13-22-23(15-19)30-16-20(27(32)33)14-18-10-6-7-11-21(18)25(30)24(22)17-8-4-3-5-9-17;;/h7-8,11-16,19H,4-6,9-10,17H2,1-3H3,(H,29,33);7,10-15,17H,3-5,8-9,16H2,1-2H3,(H-,28,31,32,33);1H2;/p+1/i;;1T2;. The summed E-state index contributed by atoms with van der Waals surface area (Å²) >= 11 is 0. The first-order valence-electron chi connectivity index (χ1n) is 25.6. The van der Waals surface area contributed by atoms with Gasteiger partial charge in [-0.3, -0.25) is 14.4 Å². The Morgan fingerprint density at radius 1 is 0.703 bits per heavy atom. The monoisotopic (exact) mass is 1270 g/mol. The minimum Gasteiger partial charge on any atom is -0.478 e. The van der Waals surface area contributed by atoms with Gasteiger partial charge < -0.3 is 14.2 Å². The summed E-state index contributed by atoms with van der Waals surface area (Å²) in [6, 6.07) is 18.7. The topological polar surface area (TPSA) is 197 Å². The maximum absolute atomic E-state index is 12.9. The molecule has 3 aliphatic carbocycles. The number of ketones is 1. The molecule has 0 spiro atoms. The minimum absolute atomic E-state index is 0. The van der Waals surface area contributed by atoms with E-state index in [9.17, 15) is 41.1 Å². The van der Waals surface area contributed by atoms with E-state index in [2.05, 4.69) is 26.2 Å². The van der Waals surface area contributed by atoms with Crippen LogP contribution < -0.4 is 9.44 Å². The number of carbonyl (C=O) groups excluding carboxylic acids is 3. The molecule has 0 atom stereocenters. The second-order valence-electron chi connectivity index (χ2n) is 19.6. The van der Waals surface area contributed by atoms with Crippen LogP contribution in [0.1, 0.15) is 126 Å². The van der Waals surface area contributed by atoms with Gasteiger partial charge in [0.2, 0.25) is 0 Å². The van der Waals surface area contributed by atoms with Gasteiger partial charge in [0.1, 0.15) is 17.7 Å². The Morgan fingerprint density at radius 2 is 1.19 bits per heavy atom. The second kappa shape index (κ2) is 22.7. The van der Waals surface area contributed by atoms with Gasteiger partial charge in [0.05, 0.1) is 50.0 Å². The van der Waals surface area contributed by atoms with Gasteiger partial charge in [-0.2, -0.15) is 25.4 Å². The average molecular weight is 1270 g/mol. The number of allylic oxidation sites excluding steroid dienone is 8. The molecule has 3 N–H and O–H groups in total. The van der Waals surface area contributed by atoms with Crippen LogP contribution in [0.25, 0.3) is 44.7 Å². The van der Waals surface area contributed by atoms with E-state index in [-0.39, 0.29) is 60.1 Å². The average Bonchev–Trinajstić information content (AvgIpc) is 3.72. The predicted octanol–water partition coefficient (Wildman–Crippen LogP) is 7.89. The van der Waals surface area contributed by atoms with E-state index >= 15 is 0 Å². The van der Waals surface area contributed by atoms with Crippen molar-refractivity contribution in [3.05, 3.63) is 141 Å². The molecule has 1 radical (unpaired) electrons. The Hall–Kier alpha value is -5.63. The summed E-state index contributed by atoms with van der Waals surface area (Å²) in [5.41, 5.74) is 11.2. The zero-order chi connectivity index (χ0) is 53.9. The zero-order valence-electron chi connectivity index (χ0n) is 44.2. The van der Waals surface area contributed by atoms with Crippen molar-refractivity contribution in [1.82, 2.24) is 27.2 Å². The van der Waals surface area contributed by atoms with Crippen LogP contribution in [0.3, 0.4) is 0 Å². The van der Waals surface area contributed by atoms with Gasteiger partial charge in [-0.1, -0.05) is 74.9 Å². The van der Waals surface area contributed by atoms with Gasteiger partial charge in [0.15, 0.2) is 5.78 Å². The molecular formula is C55H61BN6O9S2U+. The summed E-state index contributed by atoms with van der Waals surface area (Å²) in [5.74, 6) is -1.72. The SMILES string of the molecule is CC(=O)C1=Cc2ccccc2-c2c(C3CCCCC3)c3ccc(C(=O)NS(=O)(=O)N(C)C)cc3n2C1.CN(C)S(=O)(=O)NC(=O)c1ccc2c(C3CCCCC3)c3n(c2c1)CC(C(=O)O)=CC1=C3C=C[C+]=C1.[3H][B][3H].[U]. The molecule has 4 heterocycles. The molecule has 0 bridgehead atoms. The van der Waals surface area contributed by atoms with Crippen molar-refractivity contribution < 1.29 is 72.2 Å². The van der Waals surface area contributed by atoms with Crippen molar-refractivity contribution in [2.24, 2.45) is 0 Å². The molecule has 74 heavy (non-hydrogen) atoms. The third-order valence-electron chi connectivity index (χ3n) is 14.6. The first kappa shape index (κ1) is 53.2. The number of Topliss-reactive ketones (excluding diaryl/α,β-unsaturated/α-hetero) is 1. The van der Waals surface area contributed by atoms with E-state index in [1.807, 2.05) is 53.1 Å². The number of fused-ring (bicyclic) bond motifs is 9. The number of aliphatic carboxylic acids is 1. The summed E-state index contributed by atoms with van der Waals surface area (Å²) in [6.07, 6.45) is 23.7. The zero-order valence-corrected chi connectivity index (χ0v) is 48.0. The molecule has 2 aliphatic heterocycles. The molecular weight excluding hydrogens is 1200 g/mol. The Morgan fingerprint density at radius 3 is 1.69 bits per heavy atom. The fraction of sp³-hybridized carbons (Fsp3) is 0.345. The number of rotatable bonds is 10. The number of carboxylic acid groups (broad SMARTS) is 1. The van der Waals surface area contributed by atoms with Crippen LogP contribution in [0.15, 0.2) is 102 Å². The molecule has 2 aromatic heterocycles.